The molecule has 0 fully saturated rings. The number of nitrogens with one attached hydrogen (secondary N) is 2. The van der Waals surface area contributed by atoms with E-state index in [1.54, 1.807) is 12.1 Å². The van der Waals surface area contributed by atoms with Gasteiger partial charge in [-0.2, -0.15) is 0 Å². The molecule has 0 spiro atoms. The molecule has 0 aromatic heterocycles. The number of rotatable bonds is 7. The third-order valence-electron chi connectivity index (χ3n) is 5.07. The third-order valence-corrected chi connectivity index (χ3v) is 5.31. The summed E-state index contributed by atoms with van der Waals surface area (Å²) in [5.41, 5.74) is 8.55. The number of nitrogens with zero attached hydrogens (tertiary/aromatic N) is 1. The Morgan fingerprint density at radius 3 is 3.07 bits per heavy atom. The Kier molecular flexibility index (Phi) is 6.29. The van der Waals surface area contributed by atoms with E-state index in [4.69, 9.17) is 17.3 Å². The zero-order valence-electron chi connectivity index (χ0n) is 15.4. The summed E-state index contributed by atoms with van der Waals surface area (Å²) in [6, 6.07) is 5.40. The molecule has 2 heterocycles. The highest BCUT2D eigenvalue weighted by Gasteiger charge is 2.30. The van der Waals surface area contributed by atoms with Crippen LogP contribution in [0.1, 0.15) is 31.7 Å². The molecule has 3 rings (SSSR count). The Labute approximate surface area is 164 Å². The van der Waals surface area contributed by atoms with Crippen molar-refractivity contribution in [3.05, 3.63) is 34.9 Å². The van der Waals surface area contributed by atoms with E-state index >= 15 is 0 Å². The third kappa shape index (κ3) is 4.57. The predicted octanol–water partition coefficient (Wildman–Crippen LogP) is 2.63. The Bertz CT molecular complexity index is 803. The Hall–Kier alpha value is -2.18. The maximum Gasteiger partial charge on any atom is 0.256 e. The van der Waals surface area contributed by atoms with Crippen LogP contribution in [0.4, 0.5) is 5.69 Å². The van der Waals surface area contributed by atoms with E-state index in [2.05, 4.69) is 22.5 Å². The molecule has 0 radical (unpaired) electrons. The minimum atomic E-state index is -0.130. The van der Waals surface area contributed by atoms with Crippen LogP contribution in [0.5, 0.6) is 0 Å². The first kappa shape index (κ1) is 19.6. The number of amides is 2. The van der Waals surface area contributed by atoms with Gasteiger partial charge in [0, 0.05) is 48.3 Å². The van der Waals surface area contributed by atoms with Gasteiger partial charge in [-0.05, 0) is 37.0 Å². The van der Waals surface area contributed by atoms with Gasteiger partial charge < -0.3 is 16.4 Å². The van der Waals surface area contributed by atoms with E-state index in [-0.39, 0.29) is 17.7 Å². The lowest BCUT2D eigenvalue weighted by atomic mass is 9.86. The van der Waals surface area contributed by atoms with Crippen molar-refractivity contribution in [2.45, 2.75) is 26.2 Å². The van der Waals surface area contributed by atoms with Crippen molar-refractivity contribution in [3.8, 4) is 0 Å². The minimum Gasteiger partial charge on any atom is -0.355 e. The summed E-state index contributed by atoms with van der Waals surface area (Å²) in [5, 5.41) is 6.24. The van der Waals surface area contributed by atoms with Crippen LogP contribution in [0.3, 0.4) is 0 Å². The maximum atomic E-state index is 12.4. The lowest BCUT2D eigenvalue weighted by Gasteiger charge is -2.16. The van der Waals surface area contributed by atoms with Crippen LogP contribution in [-0.4, -0.2) is 37.2 Å². The Morgan fingerprint density at radius 1 is 1.48 bits per heavy atom. The number of aliphatic imine (C=N–C) groups is 1. The number of benzene rings is 1. The molecule has 7 heteroatoms. The summed E-state index contributed by atoms with van der Waals surface area (Å²) in [6.45, 7) is 3.87. The number of anilines is 1. The summed E-state index contributed by atoms with van der Waals surface area (Å²) in [5.74, 6) is 0.556. The van der Waals surface area contributed by atoms with Gasteiger partial charge in [0.2, 0.25) is 5.91 Å². The number of allylic oxidation sites excluding steroid dienone is 1. The van der Waals surface area contributed by atoms with Gasteiger partial charge in [-0.15, -0.1) is 0 Å². The fourth-order valence-electron chi connectivity index (χ4n) is 3.61. The van der Waals surface area contributed by atoms with Crippen molar-refractivity contribution in [2.24, 2.45) is 22.6 Å². The molecule has 6 nitrogen and oxygen atoms in total. The van der Waals surface area contributed by atoms with Crippen molar-refractivity contribution < 1.29 is 9.59 Å². The molecule has 0 aliphatic carbocycles. The smallest absolute Gasteiger partial charge is 0.256 e. The van der Waals surface area contributed by atoms with Crippen LogP contribution >= 0.6 is 11.6 Å². The van der Waals surface area contributed by atoms with Crippen LogP contribution in [0.25, 0.3) is 5.57 Å². The molecule has 2 atom stereocenters. The predicted molar refractivity (Wildman–Crippen MR) is 109 cm³/mol. The highest BCUT2D eigenvalue weighted by atomic mass is 35.5. The van der Waals surface area contributed by atoms with Crippen LogP contribution in [0, 0.1) is 11.8 Å². The SMILES string of the molecule is CC1CN=C(C=C2C(=O)Nc3cc(Cl)ccc32)C1CCCC(=O)NCCN. The maximum absolute atomic E-state index is 12.4. The van der Waals surface area contributed by atoms with Gasteiger partial charge in [0.1, 0.15) is 0 Å². The fraction of sp³-hybridized carbons (Fsp3) is 0.450. The molecule has 27 heavy (non-hydrogen) atoms. The molecule has 144 valence electrons. The highest BCUT2D eigenvalue weighted by molar-refractivity contribution is 6.36. The van der Waals surface area contributed by atoms with Gasteiger partial charge in [-0.3, -0.25) is 14.6 Å². The summed E-state index contributed by atoms with van der Waals surface area (Å²) < 4.78 is 0. The second-order valence-electron chi connectivity index (χ2n) is 7.08. The van der Waals surface area contributed by atoms with Gasteiger partial charge in [-0.25, -0.2) is 0 Å². The van der Waals surface area contributed by atoms with Crippen molar-refractivity contribution in [1.82, 2.24) is 5.32 Å². The molecule has 2 amide bonds. The fourth-order valence-corrected chi connectivity index (χ4v) is 3.78. The first-order chi connectivity index (χ1) is 13.0. The molecular weight excluding hydrogens is 364 g/mol. The average molecular weight is 389 g/mol. The topological polar surface area (TPSA) is 96.6 Å². The molecule has 0 saturated heterocycles. The Balaban J connectivity index is 1.68. The lowest BCUT2D eigenvalue weighted by Crippen LogP contribution is -2.29. The second kappa shape index (κ2) is 8.67. The van der Waals surface area contributed by atoms with Crippen LogP contribution in [0.2, 0.25) is 5.02 Å². The zero-order chi connectivity index (χ0) is 19.4. The summed E-state index contributed by atoms with van der Waals surface area (Å²) >= 11 is 6.01. The minimum absolute atomic E-state index is 0.0314. The molecule has 4 N–H and O–H groups in total. The van der Waals surface area contributed by atoms with Crippen molar-refractivity contribution >= 4 is 40.4 Å². The van der Waals surface area contributed by atoms with Crippen molar-refractivity contribution in [2.75, 3.05) is 25.0 Å². The molecule has 1 aromatic rings. The second-order valence-corrected chi connectivity index (χ2v) is 7.52. The first-order valence-electron chi connectivity index (χ1n) is 9.33. The van der Waals surface area contributed by atoms with Crippen LogP contribution in [-0.2, 0) is 9.59 Å². The molecule has 2 aliphatic heterocycles. The molecule has 0 saturated carbocycles. The van der Waals surface area contributed by atoms with Gasteiger partial charge in [0.15, 0.2) is 0 Å². The van der Waals surface area contributed by atoms with Gasteiger partial charge >= 0.3 is 0 Å². The molecule has 0 bridgehead atoms. The Morgan fingerprint density at radius 2 is 2.30 bits per heavy atom. The van der Waals surface area contributed by atoms with E-state index in [1.807, 2.05) is 12.1 Å². The molecule has 2 aliphatic rings. The standard InChI is InChI=1S/C20H25ClN4O2/c1-12-11-24-17(14(12)3-2-4-19(26)23-8-7-22)10-16-15-6-5-13(21)9-18(15)25-20(16)27/h5-6,9-10,12,14H,2-4,7-8,11,22H2,1H3,(H,23,26)(H,25,27). The number of nitrogens with two attached hydrogens (primary N) is 1. The van der Waals surface area contributed by atoms with E-state index in [0.717, 1.165) is 36.3 Å². The monoisotopic (exact) mass is 388 g/mol. The van der Waals surface area contributed by atoms with Gasteiger partial charge in [0.25, 0.3) is 5.91 Å². The highest BCUT2D eigenvalue weighted by Crippen LogP contribution is 2.35. The molecule has 1 aromatic carbocycles. The van der Waals surface area contributed by atoms with E-state index in [1.165, 1.54) is 0 Å². The quantitative estimate of drug-likeness (QED) is 0.626. The first-order valence-corrected chi connectivity index (χ1v) is 9.71. The van der Waals surface area contributed by atoms with E-state index in [0.29, 0.717) is 36.0 Å². The lowest BCUT2D eigenvalue weighted by molar-refractivity contribution is -0.121. The summed E-state index contributed by atoms with van der Waals surface area (Å²) in [4.78, 5) is 28.8. The number of carbonyl (C=O) groups is 2. The van der Waals surface area contributed by atoms with Crippen molar-refractivity contribution in [1.29, 1.82) is 0 Å². The molecular formula is C20H25ClN4O2. The number of halogens is 1. The van der Waals surface area contributed by atoms with E-state index in [9.17, 15) is 9.59 Å². The number of carbonyl (C=O) groups excluding carboxylic acids is 2. The number of hydrogen-bond acceptors (Lipinski definition) is 4. The van der Waals surface area contributed by atoms with Gasteiger partial charge in [-0.1, -0.05) is 24.6 Å². The van der Waals surface area contributed by atoms with E-state index < -0.39 is 0 Å². The average Bonchev–Trinajstić information content (AvgIpc) is 3.13. The largest absolute Gasteiger partial charge is 0.355 e. The number of hydrogen-bond donors (Lipinski definition) is 3. The van der Waals surface area contributed by atoms with Crippen molar-refractivity contribution in [3.63, 3.8) is 0 Å². The van der Waals surface area contributed by atoms with Crippen LogP contribution in [0.15, 0.2) is 29.3 Å². The summed E-state index contributed by atoms with van der Waals surface area (Å²) in [6.07, 6.45) is 4.04. The van der Waals surface area contributed by atoms with Gasteiger partial charge in [0.05, 0.1) is 11.3 Å². The summed E-state index contributed by atoms with van der Waals surface area (Å²) in [7, 11) is 0. The zero-order valence-corrected chi connectivity index (χ0v) is 16.2. The normalized spacial score (nSPS) is 22.6. The van der Waals surface area contributed by atoms with Crippen LogP contribution < -0.4 is 16.4 Å². The molecule has 2 unspecified atom stereocenters. The number of fused-ring (bicyclic) bond motifs is 1.